The predicted octanol–water partition coefficient (Wildman–Crippen LogP) is -0.131. The average molecular weight is 236 g/mol. The maximum Gasteiger partial charge on any atom is 0.255 e. The van der Waals surface area contributed by atoms with Crippen molar-refractivity contribution in [2.24, 2.45) is 5.84 Å². The van der Waals surface area contributed by atoms with Gasteiger partial charge in [0.05, 0.1) is 0 Å². The lowest BCUT2D eigenvalue weighted by Gasteiger charge is -2.26. The third-order valence-electron chi connectivity index (χ3n) is 2.66. The van der Waals surface area contributed by atoms with Crippen LogP contribution in [-0.2, 0) is 4.79 Å². The zero-order valence-corrected chi connectivity index (χ0v) is 10.3. The molecule has 0 radical (unpaired) electrons. The zero-order chi connectivity index (χ0) is 12.7. The maximum absolute atomic E-state index is 11.8. The van der Waals surface area contributed by atoms with Crippen molar-refractivity contribution in [3.8, 4) is 0 Å². The fourth-order valence-electron chi connectivity index (χ4n) is 1.74. The van der Waals surface area contributed by atoms with Gasteiger partial charge in [-0.3, -0.25) is 15.1 Å². The van der Waals surface area contributed by atoms with E-state index >= 15 is 0 Å². The van der Waals surface area contributed by atoms with E-state index in [4.69, 9.17) is 5.84 Å². The predicted molar refractivity (Wildman–Crippen MR) is 68.1 cm³/mol. The summed E-state index contributed by atoms with van der Waals surface area (Å²) in [6, 6.07) is 9.26. The fraction of sp³-hybridized carbons (Fsp3) is 0.417. The Morgan fingerprint density at radius 1 is 1.41 bits per heavy atom. The van der Waals surface area contributed by atoms with Gasteiger partial charge < -0.3 is 5.32 Å². The molecule has 1 atom stereocenters. The van der Waals surface area contributed by atoms with E-state index in [1.165, 1.54) is 0 Å². The van der Waals surface area contributed by atoms with Gasteiger partial charge in [-0.2, -0.15) is 0 Å². The van der Waals surface area contributed by atoms with Gasteiger partial charge in [0.25, 0.3) is 5.91 Å². The fourth-order valence-corrected chi connectivity index (χ4v) is 1.74. The number of rotatable bonds is 6. The van der Waals surface area contributed by atoms with Crippen LogP contribution in [0.1, 0.15) is 11.6 Å². The third kappa shape index (κ3) is 3.81. The molecule has 0 saturated heterocycles. The number of benzene rings is 1. The molecule has 1 amide bonds. The van der Waals surface area contributed by atoms with E-state index in [9.17, 15) is 4.79 Å². The highest BCUT2D eigenvalue weighted by Crippen LogP contribution is 2.18. The van der Waals surface area contributed by atoms with Crippen LogP contribution in [-0.4, -0.2) is 38.0 Å². The minimum atomic E-state index is -0.352. The van der Waals surface area contributed by atoms with Gasteiger partial charge in [-0.05, 0) is 19.7 Å². The first-order chi connectivity index (χ1) is 8.20. The van der Waals surface area contributed by atoms with Crippen molar-refractivity contribution in [1.29, 1.82) is 0 Å². The molecule has 1 rings (SSSR count). The molecule has 17 heavy (non-hydrogen) atoms. The summed E-state index contributed by atoms with van der Waals surface area (Å²) in [6.07, 6.45) is 0. The molecule has 0 heterocycles. The number of carbonyl (C=O) groups excluding carboxylic acids is 1. The number of amides is 1. The van der Waals surface area contributed by atoms with E-state index in [-0.39, 0.29) is 11.9 Å². The van der Waals surface area contributed by atoms with Gasteiger partial charge in [0.2, 0.25) is 0 Å². The second-order valence-corrected chi connectivity index (χ2v) is 3.91. The Morgan fingerprint density at radius 2 is 2.06 bits per heavy atom. The van der Waals surface area contributed by atoms with Crippen LogP contribution >= 0.6 is 0 Å². The number of hydrogen-bond acceptors (Lipinski definition) is 4. The Kier molecular flexibility index (Phi) is 5.62. The van der Waals surface area contributed by atoms with Crippen molar-refractivity contribution in [3.63, 3.8) is 0 Å². The number of hydrogen-bond donors (Lipinski definition) is 3. The molecule has 0 spiro atoms. The van der Waals surface area contributed by atoms with Gasteiger partial charge in [-0.1, -0.05) is 30.3 Å². The molecule has 4 N–H and O–H groups in total. The van der Waals surface area contributed by atoms with Crippen molar-refractivity contribution in [2.45, 2.75) is 6.04 Å². The summed E-state index contributed by atoms with van der Waals surface area (Å²) in [5.41, 5.74) is 3.16. The largest absolute Gasteiger partial charge is 0.318 e. The molecule has 94 valence electrons. The molecule has 5 heteroatoms. The summed E-state index contributed by atoms with van der Waals surface area (Å²) in [7, 11) is 3.79. The summed E-state index contributed by atoms with van der Waals surface area (Å²) in [5, 5.41) is 3.06. The Hall–Kier alpha value is -1.43. The van der Waals surface area contributed by atoms with E-state index in [0.29, 0.717) is 0 Å². The third-order valence-corrected chi connectivity index (χ3v) is 2.66. The van der Waals surface area contributed by atoms with Gasteiger partial charge in [0, 0.05) is 13.1 Å². The highest BCUT2D eigenvalue weighted by atomic mass is 16.2. The molecule has 5 nitrogen and oxygen atoms in total. The summed E-state index contributed by atoms with van der Waals surface area (Å²) < 4.78 is 0. The Bertz CT molecular complexity index is 342. The number of likely N-dealkylation sites (N-methyl/N-ethyl adjacent to an activating group) is 2. The van der Waals surface area contributed by atoms with E-state index in [0.717, 1.165) is 18.7 Å². The molecular formula is C12H20N4O. The maximum atomic E-state index is 11.8. The van der Waals surface area contributed by atoms with Crippen molar-refractivity contribution >= 4 is 5.91 Å². The number of nitrogens with two attached hydrogens (primary N) is 1. The second-order valence-electron chi connectivity index (χ2n) is 3.91. The van der Waals surface area contributed by atoms with Crippen molar-refractivity contribution in [3.05, 3.63) is 35.9 Å². The standard InChI is InChI=1S/C12H20N4O/c1-14-8-9-16(2)11(12(17)15-13)10-6-4-3-5-7-10/h3-7,11,14H,8-9,13H2,1-2H3,(H,15,17). The van der Waals surface area contributed by atoms with Crippen molar-refractivity contribution in [1.82, 2.24) is 15.6 Å². The second kappa shape index (κ2) is 7.01. The molecule has 1 aromatic carbocycles. The zero-order valence-electron chi connectivity index (χ0n) is 10.3. The summed E-state index contributed by atoms with van der Waals surface area (Å²) in [6.45, 7) is 1.58. The van der Waals surface area contributed by atoms with Crippen molar-refractivity contribution in [2.75, 3.05) is 27.2 Å². The van der Waals surface area contributed by atoms with E-state index in [1.54, 1.807) is 0 Å². The summed E-state index contributed by atoms with van der Waals surface area (Å²) in [5.74, 6) is 5.04. The molecular weight excluding hydrogens is 216 g/mol. The Labute approximate surface area is 102 Å². The van der Waals surface area contributed by atoms with Crippen LogP contribution < -0.4 is 16.6 Å². The minimum absolute atomic E-state index is 0.199. The normalized spacial score (nSPS) is 12.5. The monoisotopic (exact) mass is 236 g/mol. The first-order valence-electron chi connectivity index (χ1n) is 5.61. The number of nitrogens with zero attached hydrogens (tertiary/aromatic N) is 1. The molecule has 0 saturated carbocycles. The molecule has 1 unspecified atom stereocenters. The van der Waals surface area contributed by atoms with Crippen LogP contribution in [0.25, 0.3) is 0 Å². The number of carbonyl (C=O) groups is 1. The van der Waals surface area contributed by atoms with Gasteiger partial charge in [0.15, 0.2) is 0 Å². The van der Waals surface area contributed by atoms with Crippen LogP contribution in [0.2, 0.25) is 0 Å². The Balaban J connectivity index is 2.84. The number of nitrogens with one attached hydrogen (secondary N) is 2. The van der Waals surface area contributed by atoms with Gasteiger partial charge >= 0.3 is 0 Å². The molecule has 0 aliphatic rings. The molecule has 0 aliphatic carbocycles. The topological polar surface area (TPSA) is 70.4 Å². The van der Waals surface area contributed by atoms with E-state index in [2.05, 4.69) is 10.7 Å². The van der Waals surface area contributed by atoms with Crippen LogP contribution in [0.15, 0.2) is 30.3 Å². The van der Waals surface area contributed by atoms with Crippen LogP contribution in [0, 0.1) is 0 Å². The molecule has 0 bridgehead atoms. The first-order valence-corrected chi connectivity index (χ1v) is 5.61. The Morgan fingerprint density at radius 3 is 2.59 bits per heavy atom. The smallest absolute Gasteiger partial charge is 0.255 e. The molecule has 0 aliphatic heterocycles. The van der Waals surface area contributed by atoms with E-state index < -0.39 is 0 Å². The van der Waals surface area contributed by atoms with Crippen molar-refractivity contribution < 1.29 is 4.79 Å². The van der Waals surface area contributed by atoms with E-state index in [1.807, 2.05) is 49.3 Å². The summed E-state index contributed by atoms with van der Waals surface area (Å²) in [4.78, 5) is 13.8. The number of hydrazine groups is 1. The molecule has 1 aromatic rings. The molecule has 0 fully saturated rings. The summed E-state index contributed by atoms with van der Waals surface area (Å²) >= 11 is 0. The van der Waals surface area contributed by atoms with Gasteiger partial charge in [-0.25, -0.2) is 5.84 Å². The lowest BCUT2D eigenvalue weighted by Crippen LogP contribution is -2.43. The average Bonchev–Trinajstić information content (AvgIpc) is 2.37. The molecule has 0 aromatic heterocycles. The van der Waals surface area contributed by atoms with Gasteiger partial charge in [0.1, 0.15) is 6.04 Å². The highest BCUT2D eigenvalue weighted by molar-refractivity contribution is 5.82. The van der Waals surface area contributed by atoms with Gasteiger partial charge in [-0.15, -0.1) is 0 Å². The lowest BCUT2D eigenvalue weighted by atomic mass is 10.1. The minimum Gasteiger partial charge on any atom is -0.318 e. The van der Waals surface area contributed by atoms with Crippen LogP contribution in [0.3, 0.4) is 0 Å². The van der Waals surface area contributed by atoms with Crippen LogP contribution in [0.5, 0.6) is 0 Å². The highest BCUT2D eigenvalue weighted by Gasteiger charge is 2.23. The SMILES string of the molecule is CNCCN(C)C(C(=O)NN)c1ccccc1. The first kappa shape index (κ1) is 13.6. The lowest BCUT2D eigenvalue weighted by molar-refractivity contribution is -0.126. The van der Waals surface area contributed by atoms with Crippen LogP contribution in [0.4, 0.5) is 0 Å². The quantitative estimate of drug-likeness (QED) is 0.365.